The Morgan fingerprint density at radius 2 is 1.84 bits per heavy atom. The third-order valence-corrected chi connectivity index (χ3v) is 3.58. The number of benzene rings is 1. The molecule has 1 N–H and O–H groups in total. The van der Waals surface area contributed by atoms with Crippen molar-refractivity contribution in [2.24, 2.45) is 0 Å². The summed E-state index contributed by atoms with van der Waals surface area (Å²) in [6, 6.07) is 10.6. The first-order chi connectivity index (χ1) is 9.15. The maximum absolute atomic E-state index is 11.6. The lowest BCUT2D eigenvalue weighted by atomic mass is 10.1. The van der Waals surface area contributed by atoms with E-state index in [-0.39, 0.29) is 5.56 Å². The lowest BCUT2D eigenvalue weighted by Gasteiger charge is -2.04. The fourth-order valence-corrected chi connectivity index (χ4v) is 2.18. The van der Waals surface area contributed by atoms with E-state index in [1.807, 2.05) is 6.07 Å². The largest absolute Gasteiger partial charge is 0.328 e. The average Bonchev–Trinajstić information content (AvgIpc) is 2.42. The third-order valence-electron chi connectivity index (χ3n) is 2.84. The van der Waals surface area contributed by atoms with Gasteiger partial charge in [0.1, 0.15) is 0 Å². The lowest BCUT2D eigenvalue weighted by Crippen LogP contribution is -2.05. The molecule has 0 spiro atoms. The minimum atomic E-state index is -0.148. The summed E-state index contributed by atoms with van der Waals surface area (Å²) in [6.07, 6.45) is 1.58. The van der Waals surface area contributed by atoms with E-state index in [1.54, 1.807) is 36.5 Å². The molecule has 0 bridgehead atoms. The van der Waals surface area contributed by atoms with Crippen LogP contribution < -0.4 is 5.56 Å². The van der Waals surface area contributed by atoms with Crippen LogP contribution in [0.15, 0.2) is 47.4 Å². The Labute approximate surface area is 118 Å². The first-order valence-corrected chi connectivity index (χ1v) is 6.34. The summed E-state index contributed by atoms with van der Waals surface area (Å²) < 4.78 is 0. The van der Waals surface area contributed by atoms with E-state index in [1.165, 1.54) is 0 Å². The van der Waals surface area contributed by atoms with Gasteiger partial charge >= 0.3 is 0 Å². The first kappa shape index (κ1) is 12.2. The van der Waals surface area contributed by atoms with Crippen molar-refractivity contribution in [3.63, 3.8) is 0 Å². The van der Waals surface area contributed by atoms with Crippen LogP contribution in [-0.2, 0) is 0 Å². The number of nitrogens with zero attached hydrogens (tertiary/aromatic N) is 1. The molecule has 94 valence electrons. The Bertz CT molecular complexity index is 827. The van der Waals surface area contributed by atoms with E-state index < -0.39 is 0 Å². The summed E-state index contributed by atoms with van der Waals surface area (Å²) in [5, 5.41) is 1.54. The van der Waals surface area contributed by atoms with Gasteiger partial charge in [0.25, 0.3) is 5.56 Å². The van der Waals surface area contributed by atoms with Crippen LogP contribution in [-0.4, -0.2) is 9.97 Å². The summed E-state index contributed by atoms with van der Waals surface area (Å²) >= 11 is 11.9. The Kier molecular flexibility index (Phi) is 3.01. The fraction of sp³-hybridized carbons (Fsp3) is 0. The number of aromatic amines is 1. The van der Waals surface area contributed by atoms with Crippen LogP contribution in [0.4, 0.5) is 0 Å². The molecular formula is C14H8Cl2N2O. The maximum Gasteiger partial charge on any atom is 0.257 e. The van der Waals surface area contributed by atoms with Gasteiger partial charge in [0.05, 0.1) is 26.6 Å². The second-order valence-electron chi connectivity index (χ2n) is 4.06. The molecule has 0 saturated carbocycles. The molecule has 5 heteroatoms. The van der Waals surface area contributed by atoms with Crippen molar-refractivity contribution in [1.29, 1.82) is 0 Å². The van der Waals surface area contributed by atoms with Gasteiger partial charge in [-0.25, -0.2) is 4.98 Å². The van der Waals surface area contributed by atoms with Crippen LogP contribution in [0, 0.1) is 0 Å². The molecule has 0 atom stereocenters. The molecule has 2 aromatic heterocycles. The van der Waals surface area contributed by atoms with Gasteiger partial charge in [-0.2, -0.15) is 0 Å². The van der Waals surface area contributed by atoms with Crippen molar-refractivity contribution in [1.82, 2.24) is 9.97 Å². The van der Waals surface area contributed by atoms with Crippen molar-refractivity contribution in [3.8, 4) is 11.3 Å². The van der Waals surface area contributed by atoms with Gasteiger partial charge in [0.15, 0.2) is 0 Å². The predicted octanol–water partition coefficient (Wildman–Crippen LogP) is 3.90. The summed E-state index contributed by atoms with van der Waals surface area (Å²) in [4.78, 5) is 18.7. The SMILES string of the molecule is O=c1[nH]ccc2nc(-c3ccc(Cl)c(Cl)c3)ccc12. The number of fused-ring (bicyclic) bond motifs is 1. The molecule has 0 amide bonds. The Hall–Kier alpha value is -1.84. The molecule has 0 aliphatic rings. The first-order valence-electron chi connectivity index (χ1n) is 5.59. The Balaban J connectivity index is 2.20. The number of pyridine rings is 2. The minimum Gasteiger partial charge on any atom is -0.328 e. The van der Waals surface area contributed by atoms with Crippen LogP contribution in [0.25, 0.3) is 22.2 Å². The van der Waals surface area contributed by atoms with Crippen LogP contribution in [0.5, 0.6) is 0 Å². The maximum atomic E-state index is 11.6. The summed E-state index contributed by atoms with van der Waals surface area (Å²) in [5.41, 5.74) is 2.10. The highest BCUT2D eigenvalue weighted by atomic mass is 35.5. The van der Waals surface area contributed by atoms with Crippen molar-refractivity contribution in [2.75, 3.05) is 0 Å². The highest BCUT2D eigenvalue weighted by Gasteiger charge is 2.05. The van der Waals surface area contributed by atoms with E-state index in [9.17, 15) is 4.79 Å². The van der Waals surface area contributed by atoms with Gasteiger partial charge in [-0.15, -0.1) is 0 Å². The molecule has 2 heterocycles. The molecule has 0 saturated heterocycles. The van der Waals surface area contributed by atoms with E-state index in [4.69, 9.17) is 23.2 Å². The van der Waals surface area contributed by atoms with Crippen LogP contribution in [0.2, 0.25) is 10.0 Å². The van der Waals surface area contributed by atoms with Gasteiger partial charge < -0.3 is 4.98 Å². The Morgan fingerprint density at radius 3 is 2.63 bits per heavy atom. The zero-order valence-electron chi connectivity index (χ0n) is 9.65. The number of nitrogens with one attached hydrogen (secondary N) is 1. The molecule has 3 nitrogen and oxygen atoms in total. The highest BCUT2D eigenvalue weighted by Crippen LogP contribution is 2.28. The number of H-pyrrole nitrogens is 1. The number of halogens is 2. The average molecular weight is 291 g/mol. The van der Waals surface area contributed by atoms with Crippen molar-refractivity contribution in [2.45, 2.75) is 0 Å². The zero-order chi connectivity index (χ0) is 13.4. The number of hydrogen-bond donors (Lipinski definition) is 1. The standard InChI is InChI=1S/C14H8Cl2N2O/c15-10-3-1-8(7-11(10)16)12-4-2-9-13(18-12)5-6-17-14(9)19/h1-7H,(H,17,19). The lowest BCUT2D eigenvalue weighted by molar-refractivity contribution is 1.26. The van der Waals surface area contributed by atoms with E-state index in [0.717, 1.165) is 11.3 Å². The molecule has 3 rings (SSSR count). The summed E-state index contributed by atoms with van der Waals surface area (Å²) in [7, 11) is 0. The highest BCUT2D eigenvalue weighted by molar-refractivity contribution is 6.42. The minimum absolute atomic E-state index is 0.148. The molecule has 0 radical (unpaired) electrons. The summed E-state index contributed by atoms with van der Waals surface area (Å²) in [5.74, 6) is 0. The second-order valence-corrected chi connectivity index (χ2v) is 4.88. The molecule has 0 unspecified atom stereocenters. The van der Waals surface area contributed by atoms with Crippen LogP contribution >= 0.6 is 23.2 Å². The molecule has 1 aromatic carbocycles. The van der Waals surface area contributed by atoms with Crippen LogP contribution in [0.3, 0.4) is 0 Å². The molecular weight excluding hydrogens is 283 g/mol. The van der Waals surface area contributed by atoms with Gasteiger partial charge in [0.2, 0.25) is 0 Å². The van der Waals surface area contributed by atoms with Crippen LogP contribution in [0.1, 0.15) is 0 Å². The van der Waals surface area contributed by atoms with E-state index in [0.29, 0.717) is 20.9 Å². The molecule has 19 heavy (non-hydrogen) atoms. The fourth-order valence-electron chi connectivity index (χ4n) is 1.88. The molecule has 0 aliphatic carbocycles. The smallest absolute Gasteiger partial charge is 0.257 e. The predicted molar refractivity (Wildman–Crippen MR) is 77.8 cm³/mol. The normalized spacial score (nSPS) is 10.8. The summed E-state index contributed by atoms with van der Waals surface area (Å²) in [6.45, 7) is 0. The van der Waals surface area contributed by atoms with Crippen molar-refractivity contribution >= 4 is 34.1 Å². The van der Waals surface area contributed by atoms with Gasteiger partial charge in [0, 0.05) is 11.8 Å². The van der Waals surface area contributed by atoms with Gasteiger partial charge in [-0.3, -0.25) is 4.79 Å². The molecule has 0 fully saturated rings. The van der Waals surface area contributed by atoms with Crippen molar-refractivity contribution in [3.05, 3.63) is 63.0 Å². The monoisotopic (exact) mass is 290 g/mol. The van der Waals surface area contributed by atoms with Gasteiger partial charge in [-0.1, -0.05) is 29.3 Å². The number of rotatable bonds is 1. The van der Waals surface area contributed by atoms with Gasteiger partial charge in [-0.05, 0) is 30.3 Å². The van der Waals surface area contributed by atoms with E-state index in [2.05, 4.69) is 9.97 Å². The second kappa shape index (κ2) is 4.68. The third kappa shape index (κ3) is 2.23. The van der Waals surface area contributed by atoms with E-state index >= 15 is 0 Å². The molecule has 0 aliphatic heterocycles. The topological polar surface area (TPSA) is 45.8 Å². The number of aromatic nitrogens is 2. The zero-order valence-corrected chi connectivity index (χ0v) is 11.2. The Morgan fingerprint density at radius 1 is 1.00 bits per heavy atom. The number of hydrogen-bond acceptors (Lipinski definition) is 2. The quantitative estimate of drug-likeness (QED) is 0.739. The molecule has 3 aromatic rings. The van der Waals surface area contributed by atoms with Crippen molar-refractivity contribution < 1.29 is 0 Å².